The predicted molar refractivity (Wildman–Crippen MR) is 109 cm³/mol. The Bertz CT molecular complexity index is 1140. The van der Waals surface area contributed by atoms with Gasteiger partial charge in [-0.25, -0.2) is 4.99 Å². The van der Waals surface area contributed by atoms with Crippen LogP contribution in [0.2, 0.25) is 0 Å². The van der Waals surface area contributed by atoms with Gasteiger partial charge < -0.3 is 0 Å². The van der Waals surface area contributed by atoms with Crippen LogP contribution in [0.3, 0.4) is 0 Å². The zero-order chi connectivity index (χ0) is 16.7. The Morgan fingerprint density at radius 1 is 0.917 bits per heavy atom. The van der Waals surface area contributed by atoms with Crippen LogP contribution in [0, 0.1) is 17.8 Å². The van der Waals surface area contributed by atoms with Gasteiger partial charge in [0.15, 0.2) is 7.94 Å². The molecule has 120 valence electrons. The van der Waals surface area contributed by atoms with Crippen LogP contribution in [-0.4, -0.2) is 4.57 Å². The van der Waals surface area contributed by atoms with E-state index in [2.05, 4.69) is 54.8 Å². The molecule has 4 aromatic rings. The second-order valence-electron chi connectivity index (χ2n) is 5.50. The van der Waals surface area contributed by atoms with Gasteiger partial charge in [0.25, 0.3) is 0 Å². The Morgan fingerprint density at radius 2 is 1.67 bits per heavy atom. The Labute approximate surface area is 157 Å². The predicted octanol–water partition coefficient (Wildman–Crippen LogP) is 6.39. The van der Waals surface area contributed by atoms with Crippen molar-refractivity contribution in [2.24, 2.45) is 4.99 Å². The van der Waals surface area contributed by atoms with Crippen molar-refractivity contribution in [3.63, 3.8) is 0 Å². The molecule has 0 spiro atoms. The van der Waals surface area contributed by atoms with E-state index in [0.29, 0.717) is 0 Å². The smallest absolute Gasteiger partial charge is 0.174 e. The van der Waals surface area contributed by atoms with Crippen LogP contribution in [0.4, 0.5) is 5.69 Å². The molecule has 24 heavy (non-hydrogen) atoms. The first-order chi connectivity index (χ1) is 11.6. The lowest BCUT2D eigenvalue weighted by Crippen LogP contribution is -1.92. The SMILES string of the molecule is Cc1ccc(-n2c(=S)sc3sc(=Nc4ccccc4C)sc32)cc1. The highest BCUT2D eigenvalue weighted by molar-refractivity contribution is 7.74. The lowest BCUT2D eigenvalue weighted by molar-refractivity contribution is 1.13. The highest BCUT2D eigenvalue weighted by Crippen LogP contribution is 2.32. The number of aromatic nitrogens is 1. The summed E-state index contributed by atoms with van der Waals surface area (Å²) in [6, 6.07) is 16.7. The normalized spacial score (nSPS) is 12.2. The minimum absolute atomic E-state index is 0.888. The van der Waals surface area contributed by atoms with Gasteiger partial charge in [0, 0.05) is 5.69 Å². The number of rotatable bonds is 2. The van der Waals surface area contributed by atoms with E-state index in [4.69, 9.17) is 17.2 Å². The largest absolute Gasteiger partial charge is 0.282 e. The van der Waals surface area contributed by atoms with Crippen LogP contribution in [0.25, 0.3) is 14.5 Å². The summed E-state index contributed by atoms with van der Waals surface area (Å²) < 4.78 is 5.34. The number of hydrogen-bond donors (Lipinski definition) is 0. The summed E-state index contributed by atoms with van der Waals surface area (Å²) in [6.07, 6.45) is 0. The van der Waals surface area contributed by atoms with Gasteiger partial charge >= 0.3 is 0 Å². The van der Waals surface area contributed by atoms with Crippen LogP contribution in [0.1, 0.15) is 11.1 Å². The Balaban J connectivity index is 1.90. The molecule has 2 heterocycles. The molecule has 2 aromatic heterocycles. The fourth-order valence-electron chi connectivity index (χ4n) is 2.43. The Hall–Kier alpha value is -1.60. The maximum absolute atomic E-state index is 5.58. The van der Waals surface area contributed by atoms with Gasteiger partial charge in [-0.3, -0.25) is 4.57 Å². The Morgan fingerprint density at radius 3 is 2.42 bits per heavy atom. The molecule has 0 bridgehead atoms. The van der Waals surface area contributed by atoms with Crippen LogP contribution in [0.15, 0.2) is 53.5 Å². The van der Waals surface area contributed by atoms with Gasteiger partial charge in [-0.05, 0) is 49.8 Å². The first kappa shape index (κ1) is 15.9. The zero-order valence-corrected chi connectivity index (χ0v) is 16.4. The van der Waals surface area contributed by atoms with E-state index >= 15 is 0 Å². The number of aryl methyl sites for hydroxylation is 2. The molecular formula is C18H14N2S4. The van der Waals surface area contributed by atoms with E-state index in [-0.39, 0.29) is 0 Å². The maximum atomic E-state index is 5.58. The van der Waals surface area contributed by atoms with Crippen molar-refractivity contribution in [1.29, 1.82) is 0 Å². The standard InChI is InChI=1S/C18H14N2S4/c1-11-7-9-13(10-8-11)20-15-16(24-18(20)21)23-17(22-15)19-14-6-4-3-5-12(14)2/h3-10H,1-2H3. The maximum Gasteiger partial charge on any atom is 0.174 e. The highest BCUT2D eigenvalue weighted by Gasteiger charge is 2.11. The summed E-state index contributed by atoms with van der Waals surface area (Å²) in [5, 5.41) is 0. The summed E-state index contributed by atoms with van der Waals surface area (Å²) in [6.45, 7) is 4.19. The number of fused-ring (bicyclic) bond motifs is 1. The molecule has 0 N–H and O–H groups in total. The molecule has 0 saturated carbocycles. The van der Waals surface area contributed by atoms with Crippen molar-refractivity contribution in [3.05, 3.63) is 67.6 Å². The average Bonchev–Trinajstić information content (AvgIpc) is 3.07. The van der Waals surface area contributed by atoms with Gasteiger partial charge in [-0.15, -0.1) is 0 Å². The molecule has 2 nitrogen and oxygen atoms in total. The molecule has 0 aliphatic carbocycles. The molecule has 0 saturated heterocycles. The lowest BCUT2D eigenvalue weighted by atomic mass is 10.2. The van der Waals surface area contributed by atoms with Gasteiger partial charge in [-0.2, -0.15) is 0 Å². The minimum atomic E-state index is 0.888. The van der Waals surface area contributed by atoms with E-state index in [1.165, 1.54) is 20.0 Å². The van der Waals surface area contributed by atoms with E-state index in [0.717, 1.165) is 19.3 Å². The summed E-state index contributed by atoms with van der Waals surface area (Å²) in [7, 11) is 0. The first-order valence-electron chi connectivity index (χ1n) is 7.45. The summed E-state index contributed by atoms with van der Waals surface area (Å²) >= 11 is 10.7. The monoisotopic (exact) mass is 386 g/mol. The molecule has 0 aliphatic rings. The fraction of sp³-hybridized carbons (Fsp3) is 0.111. The molecule has 0 unspecified atom stereocenters. The molecule has 4 rings (SSSR count). The molecule has 6 heteroatoms. The van der Waals surface area contributed by atoms with Crippen molar-refractivity contribution in [3.8, 4) is 5.69 Å². The first-order valence-corrected chi connectivity index (χ1v) is 10.3. The quantitative estimate of drug-likeness (QED) is 0.365. The van der Waals surface area contributed by atoms with Crippen molar-refractivity contribution >= 4 is 60.8 Å². The van der Waals surface area contributed by atoms with Crippen molar-refractivity contribution in [2.45, 2.75) is 13.8 Å². The summed E-state index contributed by atoms with van der Waals surface area (Å²) in [4.78, 5) is 6.01. The number of nitrogens with zero attached hydrogens (tertiary/aromatic N) is 2. The van der Waals surface area contributed by atoms with Crippen molar-refractivity contribution in [1.82, 2.24) is 4.57 Å². The molecule has 0 fully saturated rings. The van der Waals surface area contributed by atoms with Crippen molar-refractivity contribution < 1.29 is 0 Å². The van der Waals surface area contributed by atoms with E-state index in [9.17, 15) is 0 Å². The fourth-order valence-corrected chi connectivity index (χ4v) is 6.89. The summed E-state index contributed by atoms with van der Waals surface area (Å²) in [5.74, 6) is 0. The molecular weight excluding hydrogens is 372 g/mol. The van der Waals surface area contributed by atoms with Crippen LogP contribution in [0.5, 0.6) is 0 Å². The van der Waals surface area contributed by atoms with Crippen molar-refractivity contribution in [2.75, 3.05) is 0 Å². The van der Waals surface area contributed by atoms with E-state index < -0.39 is 0 Å². The number of hydrogen-bond acceptors (Lipinski definition) is 5. The third kappa shape index (κ3) is 2.91. The topological polar surface area (TPSA) is 17.3 Å². The number of benzene rings is 2. The highest BCUT2D eigenvalue weighted by atomic mass is 32.2. The number of para-hydroxylation sites is 1. The van der Waals surface area contributed by atoms with E-state index in [1.807, 2.05) is 12.1 Å². The molecule has 2 aromatic carbocycles. The molecule has 0 amide bonds. The average molecular weight is 387 g/mol. The lowest BCUT2D eigenvalue weighted by Gasteiger charge is -2.03. The zero-order valence-electron chi connectivity index (χ0n) is 13.1. The van der Waals surface area contributed by atoms with Gasteiger partial charge in [0.2, 0.25) is 0 Å². The van der Waals surface area contributed by atoms with Gasteiger partial charge in [0.1, 0.15) is 8.84 Å². The van der Waals surface area contributed by atoms with Crippen LogP contribution >= 0.6 is 46.2 Å². The minimum Gasteiger partial charge on any atom is -0.282 e. The third-order valence-electron chi connectivity index (χ3n) is 3.72. The van der Waals surface area contributed by atoms with Gasteiger partial charge in [-0.1, -0.05) is 69.9 Å². The van der Waals surface area contributed by atoms with Crippen LogP contribution in [-0.2, 0) is 0 Å². The van der Waals surface area contributed by atoms with Gasteiger partial charge in [0.05, 0.1) is 5.69 Å². The second-order valence-corrected chi connectivity index (χ2v) is 9.64. The number of thiazole rings is 1. The van der Waals surface area contributed by atoms with Crippen LogP contribution < -0.4 is 3.98 Å². The Kier molecular flexibility index (Phi) is 4.22. The molecule has 0 aliphatic heterocycles. The molecule has 0 atom stereocenters. The third-order valence-corrected chi connectivity index (χ3v) is 7.64. The van der Waals surface area contributed by atoms with E-state index in [1.54, 1.807) is 34.0 Å². The molecule has 0 radical (unpaired) electrons. The second kappa shape index (κ2) is 6.37. The summed E-state index contributed by atoms with van der Waals surface area (Å²) in [5.41, 5.74) is 4.59.